The standard InChI is InChI=1S/C18H32O6/c1-13(19)6-5-9-15-8-4-2-3-7-14(20)12-17(22)16(21)10-11-18(23)24-15/h10-11,13-17,19-22H,2-9,12H2,1H3/b11-10+/t13-,14-,15+,16-,17+/m1/s1. The molecule has 6 heteroatoms. The van der Waals surface area contributed by atoms with Gasteiger partial charge in [-0.15, -0.1) is 0 Å². The number of rotatable bonds is 4. The summed E-state index contributed by atoms with van der Waals surface area (Å²) >= 11 is 0. The van der Waals surface area contributed by atoms with E-state index in [9.17, 15) is 25.2 Å². The first-order valence-electron chi connectivity index (χ1n) is 8.99. The van der Waals surface area contributed by atoms with E-state index in [1.807, 2.05) is 0 Å². The van der Waals surface area contributed by atoms with Crippen molar-refractivity contribution in [3.63, 3.8) is 0 Å². The van der Waals surface area contributed by atoms with Crippen LogP contribution in [0.4, 0.5) is 0 Å². The number of esters is 1. The molecule has 140 valence electrons. The van der Waals surface area contributed by atoms with Gasteiger partial charge >= 0.3 is 5.97 Å². The van der Waals surface area contributed by atoms with Crippen molar-refractivity contribution in [2.75, 3.05) is 0 Å². The normalized spacial score (nSPS) is 33.3. The van der Waals surface area contributed by atoms with Gasteiger partial charge in [-0.05, 0) is 51.5 Å². The summed E-state index contributed by atoms with van der Waals surface area (Å²) in [5.74, 6) is -0.541. The first kappa shape index (κ1) is 21.1. The third-order valence-electron chi connectivity index (χ3n) is 4.33. The summed E-state index contributed by atoms with van der Waals surface area (Å²) in [4.78, 5) is 11.9. The number of hydrogen-bond donors (Lipinski definition) is 4. The van der Waals surface area contributed by atoms with Crippen LogP contribution in [-0.2, 0) is 9.53 Å². The zero-order valence-electron chi connectivity index (χ0n) is 14.5. The molecule has 0 bridgehead atoms. The molecule has 0 fully saturated rings. The van der Waals surface area contributed by atoms with Gasteiger partial charge in [-0.2, -0.15) is 0 Å². The Morgan fingerprint density at radius 3 is 2.62 bits per heavy atom. The Kier molecular flexibility index (Phi) is 10.2. The van der Waals surface area contributed by atoms with E-state index >= 15 is 0 Å². The Hall–Kier alpha value is -0.950. The first-order chi connectivity index (χ1) is 11.4. The lowest BCUT2D eigenvalue weighted by Crippen LogP contribution is -2.29. The van der Waals surface area contributed by atoms with Gasteiger partial charge in [0.05, 0.1) is 24.4 Å². The number of ether oxygens (including phenoxy) is 1. The van der Waals surface area contributed by atoms with E-state index in [-0.39, 0.29) is 18.6 Å². The van der Waals surface area contributed by atoms with Crippen molar-refractivity contribution in [3.05, 3.63) is 12.2 Å². The third kappa shape index (κ3) is 9.37. The number of cyclic esters (lactones) is 1. The van der Waals surface area contributed by atoms with Crippen LogP contribution >= 0.6 is 0 Å². The van der Waals surface area contributed by atoms with E-state index in [0.717, 1.165) is 38.2 Å². The molecule has 0 aromatic rings. The van der Waals surface area contributed by atoms with Crippen LogP contribution in [0.5, 0.6) is 0 Å². The molecule has 0 aromatic carbocycles. The maximum atomic E-state index is 11.9. The Labute approximate surface area is 144 Å². The summed E-state index contributed by atoms with van der Waals surface area (Å²) in [5, 5.41) is 38.8. The van der Waals surface area contributed by atoms with Gasteiger partial charge in [0.25, 0.3) is 0 Å². The Morgan fingerprint density at radius 1 is 1.21 bits per heavy atom. The molecular weight excluding hydrogens is 312 g/mol. The van der Waals surface area contributed by atoms with Crippen LogP contribution in [0.1, 0.15) is 64.7 Å². The first-order valence-corrected chi connectivity index (χ1v) is 8.99. The molecule has 1 rings (SSSR count). The molecule has 0 saturated carbocycles. The highest BCUT2D eigenvalue weighted by molar-refractivity contribution is 5.82. The predicted octanol–water partition coefficient (Wildman–Crippen LogP) is 1.44. The van der Waals surface area contributed by atoms with Gasteiger partial charge in [-0.25, -0.2) is 4.79 Å². The topological polar surface area (TPSA) is 107 Å². The van der Waals surface area contributed by atoms with Crippen molar-refractivity contribution in [1.82, 2.24) is 0 Å². The second-order valence-corrected chi connectivity index (χ2v) is 6.78. The van der Waals surface area contributed by atoms with Gasteiger partial charge < -0.3 is 25.2 Å². The van der Waals surface area contributed by atoms with Crippen molar-refractivity contribution in [2.24, 2.45) is 0 Å². The molecule has 0 spiro atoms. The molecular formula is C18H32O6. The zero-order valence-corrected chi connectivity index (χ0v) is 14.5. The summed E-state index contributed by atoms with van der Waals surface area (Å²) < 4.78 is 5.43. The minimum Gasteiger partial charge on any atom is -0.459 e. The fourth-order valence-electron chi connectivity index (χ4n) is 2.88. The number of hydrogen-bond acceptors (Lipinski definition) is 6. The minimum atomic E-state index is -1.20. The van der Waals surface area contributed by atoms with E-state index < -0.39 is 24.3 Å². The summed E-state index contributed by atoms with van der Waals surface area (Å²) in [6, 6.07) is 0. The van der Waals surface area contributed by atoms with Gasteiger partial charge in [-0.3, -0.25) is 0 Å². The molecule has 0 amide bonds. The Bertz CT molecular complexity index is 382. The second kappa shape index (κ2) is 11.6. The summed E-state index contributed by atoms with van der Waals surface area (Å²) in [6.45, 7) is 1.74. The monoisotopic (exact) mass is 344 g/mol. The Morgan fingerprint density at radius 2 is 1.92 bits per heavy atom. The molecule has 1 aliphatic rings. The lowest BCUT2D eigenvalue weighted by molar-refractivity contribution is -0.143. The number of carbonyl (C=O) groups excluding carboxylic acids is 1. The Balaban J connectivity index is 2.63. The van der Waals surface area contributed by atoms with Crippen molar-refractivity contribution in [2.45, 2.75) is 95.2 Å². The maximum absolute atomic E-state index is 11.9. The highest BCUT2D eigenvalue weighted by Gasteiger charge is 2.20. The lowest BCUT2D eigenvalue weighted by Gasteiger charge is -2.20. The predicted molar refractivity (Wildman–Crippen MR) is 90.3 cm³/mol. The molecule has 4 N–H and O–H groups in total. The number of aliphatic hydroxyl groups excluding tert-OH is 4. The summed E-state index contributed by atoms with van der Waals surface area (Å²) in [7, 11) is 0. The van der Waals surface area contributed by atoms with Crippen LogP contribution < -0.4 is 0 Å². The van der Waals surface area contributed by atoms with Gasteiger partial charge in [0.2, 0.25) is 0 Å². The zero-order chi connectivity index (χ0) is 17.9. The average Bonchev–Trinajstić information content (AvgIpc) is 2.50. The highest BCUT2D eigenvalue weighted by Crippen LogP contribution is 2.18. The average molecular weight is 344 g/mol. The van der Waals surface area contributed by atoms with E-state index in [1.165, 1.54) is 6.08 Å². The van der Waals surface area contributed by atoms with Crippen LogP contribution in [0.3, 0.4) is 0 Å². The van der Waals surface area contributed by atoms with Crippen LogP contribution in [-0.4, -0.2) is 56.9 Å². The van der Waals surface area contributed by atoms with Crippen LogP contribution in [0.25, 0.3) is 0 Å². The molecule has 0 unspecified atom stereocenters. The van der Waals surface area contributed by atoms with E-state index in [4.69, 9.17) is 4.74 Å². The van der Waals surface area contributed by atoms with Crippen molar-refractivity contribution < 1.29 is 30.0 Å². The molecule has 1 aliphatic heterocycles. The SMILES string of the molecule is C[C@@H](O)CCC[C@@H]1CCCCC[C@@H](O)C[C@H](O)[C@H](O)/C=C/C(=O)O1. The fraction of sp³-hybridized carbons (Fsp3) is 0.833. The van der Waals surface area contributed by atoms with Gasteiger partial charge in [0.15, 0.2) is 0 Å². The van der Waals surface area contributed by atoms with E-state index in [0.29, 0.717) is 19.3 Å². The molecule has 24 heavy (non-hydrogen) atoms. The van der Waals surface area contributed by atoms with Crippen molar-refractivity contribution in [1.29, 1.82) is 0 Å². The molecule has 0 aliphatic carbocycles. The van der Waals surface area contributed by atoms with E-state index in [1.54, 1.807) is 6.92 Å². The highest BCUT2D eigenvalue weighted by atomic mass is 16.5. The number of aliphatic hydroxyl groups is 4. The lowest BCUT2D eigenvalue weighted by atomic mass is 9.99. The van der Waals surface area contributed by atoms with Crippen LogP contribution in [0, 0.1) is 0 Å². The minimum absolute atomic E-state index is 0.0858. The molecule has 5 atom stereocenters. The maximum Gasteiger partial charge on any atom is 0.330 e. The molecule has 6 nitrogen and oxygen atoms in total. The molecule has 0 saturated heterocycles. The van der Waals surface area contributed by atoms with Gasteiger partial charge in [-0.1, -0.05) is 12.8 Å². The van der Waals surface area contributed by atoms with Crippen molar-refractivity contribution in [3.8, 4) is 0 Å². The fourth-order valence-corrected chi connectivity index (χ4v) is 2.88. The molecule has 0 radical (unpaired) electrons. The summed E-state index contributed by atoms with van der Waals surface area (Å²) in [6.07, 6.45) is 5.00. The molecule has 1 heterocycles. The van der Waals surface area contributed by atoms with Crippen molar-refractivity contribution >= 4 is 5.97 Å². The third-order valence-corrected chi connectivity index (χ3v) is 4.33. The van der Waals surface area contributed by atoms with Crippen LogP contribution in [0.15, 0.2) is 12.2 Å². The smallest absolute Gasteiger partial charge is 0.330 e. The quantitative estimate of drug-likeness (QED) is 0.575. The number of carbonyl (C=O) groups is 1. The van der Waals surface area contributed by atoms with Gasteiger partial charge in [0.1, 0.15) is 6.10 Å². The van der Waals surface area contributed by atoms with Crippen LogP contribution in [0.2, 0.25) is 0 Å². The van der Waals surface area contributed by atoms with Gasteiger partial charge in [0, 0.05) is 12.5 Å². The summed E-state index contributed by atoms with van der Waals surface area (Å²) in [5.41, 5.74) is 0. The van der Waals surface area contributed by atoms with E-state index in [2.05, 4.69) is 0 Å². The largest absolute Gasteiger partial charge is 0.459 e. The second-order valence-electron chi connectivity index (χ2n) is 6.78. The molecule has 0 aromatic heterocycles.